The zero-order valence-corrected chi connectivity index (χ0v) is 19.0. The van der Waals surface area contributed by atoms with Crippen LogP contribution in [-0.4, -0.2) is 26.2 Å². The quantitative estimate of drug-likeness (QED) is 0.597. The van der Waals surface area contributed by atoms with Crippen LogP contribution in [0.3, 0.4) is 0 Å². The van der Waals surface area contributed by atoms with E-state index in [4.69, 9.17) is 9.47 Å². The van der Waals surface area contributed by atoms with Gasteiger partial charge in [0.05, 0.1) is 26.7 Å². The fourth-order valence-corrected chi connectivity index (χ4v) is 3.95. The van der Waals surface area contributed by atoms with Gasteiger partial charge in [-0.05, 0) is 74.9 Å². The van der Waals surface area contributed by atoms with E-state index >= 15 is 0 Å². The predicted molar refractivity (Wildman–Crippen MR) is 124 cm³/mol. The number of ether oxygens (including phenoxy) is 2. The number of aryl methyl sites for hydroxylation is 1. The Balaban J connectivity index is 2.01. The number of carbonyl (C=O) groups is 1. The van der Waals surface area contributed by atoms with E-state index in [0.717, 1.165) is 33.1 Å². The van der Waals surface area contributed by atoms with Crippen LogP contribution in [0.5, 0.6) is 11.5 Å². The molecule has 0 bridgehead atoms. The van der Waals surface area contributed by atoms with Gasteiger partial charge in [0.2, 0.25) is 0 Å². The van der Waals surface area contributed by atoms with E-state index in [1.807, 2.05) is 36.4 Å². The van der Waals surface area contributed by atoms with Gasteiger partial charge in [-0.3, -0.25) is 4.90 Å². The van der Waals surface area contributed by atoms with Crippen molar-refractivity contribution in [3.63, 3.8) is 0 Å². The first-order chi connectivity index (χ1) is 14.9. The predicted octanol–water partition coefficient (Wildman–Crippen LogP) is 4.16. The molecule has 31 heavy (non-hydrogen) atoms. The summed E-state index contributed by atoms with van der Waals surface area (Å²) in [5, 5.41) is 0. The molecular weight excluding hydrogens is 386 g/mol. The zero-order valence-electron chi connectivity index (χ0n) is 19.0. The molecule has 0 radical (unpaired) electrons. The minimum Gasteiger partial charge on any atom is -0.497 e. The topological polar surface area (TPSA) is 40.0 Å². The Hall–Kier alpha value is -3.11. The lowest BCUT2D eigenvalue weighted by atomic mass is 9.94. The second-order valence-corrected chi connectivity index (χ2v) is 8.17. The van der Waals surface area contributed by atoms with Crippen molar-refractivity contribution in [2.45, 2.75) is 39.3 Å². The average Bonchev–Trinajstić information content (AvgIpc) is 2.79. The van der Waals surface area contributed by atoms with E-state index in [2.05, 4.69) is 57.2 Å². The first-order valence-corrected chi connectivity index (χ1v) is 10.7. The highest BCUT2D eigenvalue weighted by molar-refractivity contribution is 5.70. The molecule has 3 aromatic rings. The minimum atomic E-state index is -0.130. The summed E-state index contributed by atoms with van der Waals surface area (Å²) in [5.41, 5.74) is 4.38. The Bertz CT molecular complexity index is 929. The van der Waals surface area contributed by atoms with Gasteiger partial charge in [0.25, 0.3) is 0 Å². The normalized spacial score (nSPS) is 12.1. The molecule has 0 saturated heterocycles. The molecule has 162 valence electrons. The van der Waals surface area contributed by atoms with Crippen LogP contribution in [0, 0.1) is 6.92 Å². The molecule has 1 amide bonds. The number of quaternary nitrogens is 1. The summed E-state index contributed by atoms with van der Waals surface area (Å²) in [6.07, 6.45) is 0.399. The summed E-state index contributed by atoms with van der Waals surface area (Å²) < 4.78 is 10.7. The van der Waals surface area contributed by atoms with Crippen LogP contribution >= 0.6 is 0 Å². The second-order valence-electron chi connectivity index (χ2n) is 8.17. The number of hydrogen-bond acceptors (Lipinski definition) is 3. The Labute approximate surface area is 185 Å². The molecule has 3 rings (SSSR count). The van der Waals surface area contributed by atoms with Gasteiger partial charge in [-0.1, -0.05) is 29.8 Å². The van der Waals surface area contributed by atoms with Crippen LogP contribution in [0.1, 0.15) is 42.1 Å². The van der Waals surface area contributed by atoms with Gasteiger partial charge in [-0.2, -0.15) is 0 Å². The van der Waals surface area contributed by atoms with Crippen LogP contribution in [0.4, 0.5) is 0 Å². The van der Waals surface area contributed by atoms with Crippen molar-refractivity contribution >= 4 is 5.91 Å². The molecule has 0 fully saturated rings. The molecule has 0 aromatic heterocycles. The lowest BCUT2D eigenvalue weighted by Crippen LogP contribution is -3.18. The first kappa shape index (κ1) is 22.6. The highest BCUT2D eigenvalue weighted by Crippen LogP contribution is 2.24. The van der Waals surface area contributed by atoms with Gasteiger partial charge in [0.1, 0.15) is 17.5 Å². The molecule has 1 unspecified atom stereocenters. The lowest BCUT2D eigenvalue weighted by molar-refractivity contribution is -0.870. The van der Waals surface area contributed by atoms with Crippen molar-refractivity contribution in [1.29, 1.82) is 0 Å². The van der Waals surface area contributed by atoms with Crippen LogP contribution in [0.15, 0.2) is 72.8 Å². The van der Waals surface area contributed by atoms with Crippen molar-refractivity contribution in [2.75, 3.05) is 14.2 Å². The molecule has 0 aliphatic rings. The average molecular weight is 419 g/mol. The molecule has 0 aliphatic heterocycles. The molecule has 1 N–H and O–H groups in total. The van der Waals surface area contributed by atoms with Crippen molar-refractivity contribution in [3.8, 4) is 11.5 Å². The van der Waals surface area contributed by atoms with Crippen LogP contribution in [-0.2, 0) is 11.2 Å². The number of nitrogens with one attached hydrogen (secondary N) is 1. The number of rotatable bonds is 8. The number of methoxy groups -OCH3 is 2. The summed E-state index contributed by atoms with van der Waals surface area (Å²) in [7, 11) is 3.32. The Morgan fingerprint density at radius 2 is 1.23 bits per heavy atom. The SMILES string of the molecule is COc1ccc(C(c2ccc(OC)cc2)[NH+](C(=O)Cc2ccc(C)cc2)C(C)C)cc1. The molecule has 4 heteroatoms. The maximum atomic E-state index is 13.6. The number of amides is 1. The van der Waals surface area contributed by atoms with E-state index in [9.17, 15) is 4.79 Å². The third-order valence-electron chi connectivity index (χ3n) is 5.64. The first-order valence-electron chi connectivity index (χ1n) is 10.7. The second kappa shape index (κ2) is 10.3. The minimum absolute atomic E-state index is 0.104. The van der Waals surface area contributed by atoms with Gasteiger partial charge in [0, 0.05) is 11.1 Å². The molecule has 1 atom stereocenters. The smallest absolute Gasteiger partial charge is 0.317 e. The monoisotopic (exact) mass is 418 g/mol. The summed E-state index contributed by atoms with van der Waals surface area (Å²) >= 11 is 0. The largest absolute Gasteiger partial charge is 0.497 e. The van der Waals surface area contributed by atoms with Gasteiger partial charge >= 0.3 is 5.91 Å². The fraction of sp³-hybridized carbons (Fsp3) is 0.296. The maximum Gasteiger partial charge on any atom is 0.317 e. The Morgan fingerprint density at radius 3 is 1.61 bits per heavy atom. The Morgan fingerprint density at radius 1 is 0.774 bits per heavy atom. The van der Waals surface area contributed by atoms with Gasteiger partial charge in [0.15, 0.2) is 0 Å². The Kier molecular flexibility index (Phi) is 7.48. The third kappa shape index (κ3) is 5.53. The van der Waals surface area contributed by atoms with Crippen molar-refractivity contribution in [2.24, 2.45) is 0 Å². The third-order valence-corrected chi connectivity index (χ3v) is 5.64. The molecule has 0 saturated carbocycles. The van der Waals surface area contributed by atoms with Gasteiger partial charge < -0.3 is 9.47 Å². The van der Waals surface area contributed by atoms with E-state index in [1.54, 1.807) is 14.2 Å². The number of carbonyl (C=O) groups excluding carboxylic acids is 1. The highest BCUT2D eigenvalue weighted by Gasteiger charge is 2.34. The molecule has 3 aromatic carbocycles. The molecular formula is C27H32NO3+. The summed E-state index contributed by atoms with van der Waals surface area (Å²) in [6.45, 7) is 6.26. The van der Waals surface area contributed by atoms with E-state index in [1.165, 1.54) is 5.56 Å². The van der Waals surface area contributed by atoms with Crippen molar-refractivity contribution in [1.82, 2.24) is 0 Å². The standard InChI is InChI=1S/C27H31NO3/c1-19(2)28(26(29)18-21-8-6-20(3)7-9-21)27(22-10-14-24(30-4)15-11-22)23-12-16-25(31-5)17-13-23/h6-17,19,27H,18H2,1-5H3/p+1. The van der Waals surface area contributed by atoms with E-state index in [0.29, 0.717) is 6.42 Å². The summed E-state index contributed by atoms with van der Waals surface area (Å²) in [5.74, 6) is 1.78. The van der Waals surface area contributed by atoms with E-state index < -0.39 is 0 Å². The molecule has 0 heterocycles. The van der Waals surface area contributed by atoms with Crippen LogP contribution in [0.2, 0.25) is 0 Å². The van der Waals surface area contributed by atoms with Crippen LogP contribution in [0.25, 0.3) is 0 Å². The van der Waals surface area contributed by atoms with Crippen molar-refractivity contribution in [3.05, 3.63) is 95.1 Å². The highest BCUT2D eigenvalue weighted by atomic mass is 16.5. The zero-order chi connectivity index (χ0) is 22.4. The van der Waals surface area contributed by atoms with E-state index in [-0.39, 0.29) is 18.0 Å². The van der Waals surface area contributed by atoms with Crippen LogP contribution < -0.4 is 14.4 Å². The van der Waals surface area contributed by atoms with Crippen molar-refractivity contribution < 1.29 is 19.2 Å². The molecule has 4 nitrogen and oxygen atoms in total. The fourth-order valence-electron chi connectivity index (χ4n) is 3.95. The van der Waals surface area contributed by atoms with Gasteiger partial charge in [-0.25, -0.2) is 4.79 Å². The summed E-state index contributed by atoms with van der Waals surface area (Å²) in [6, 6.07) is 24.2. The van der Waals surface area contributed by atoms with Gasteiger partial charge in [-0.15, -0.1) is 0 Å². The maximum absolute atomic E-state index is 13.6. The summed E-state index contributed by atoms with van der Waals surface area (Å²) in [4.78, 5) is 14.5. The molecule has 0 aliphatic carbocycles. The number of benzene rings is 3. The molecule has 0 spiro atoms. The number of hydrogen-bond donors (Lipinski definition) is 1. The lowest BCUT2D eigenvalue weighted by Gasteiger charge is -2.31.